The number of benzene rings is 6. The molecule has 1 aromatic heterocycles. The minimum absolute atomic E-state index is 0.0704. The molecule has 1 unspecified atom stereocenters. The summed E-state index contributed by atoms with van der Waals surface area (Å²) >= 11 is 0. The minimum Gasteiger partial charge on any atom is -0.309 e. The van der Waals surface area contributed by atoms with Gasteiger partial charge < -0.3 is 9.47 Å². The maximum absolute atomic E-state index is 2.64. The van der Waals surface area contributed by atoms with E-state index in [1.54, 1.807) is 16.7 Å². The first-order valence-corrected chi connectivity index (χ1v) is 20.7. The monoisotopic (exact) mass is 710 g/mol. The zero-order valence-corrected chi connectivity index (χ0v) is 31.5. The lowest BCUT2D eigenvalue weighted by Crippen LogP contribution is -2.56. The van der Waals surface area contributed by atoms with Crippen molar-refractivity contribution in [3.05, 3.63) is 181 Å². The largest absolute Gasteiger partial charge is 0.309 e. The van der Waals surface area contributed by atoms with Gasteiger partial charge in [0.05, 0.1) is 22.4 Å². The molecule has 4 saturated carbocycles. The summed E-state index contributed by atoms with van der Waals surface area (Å²) in [4.78, 5) is 2.64. The van der Waals surface area contributed by atoms with Crippen molar-refractivity contribution in [3.8, 4) is 16.8 Å². The lowest BCUT2D eigenvalue weighted by atomic mass is 9.42. The van der Waals surface area contributed by atoms with Crippen molar-refractivity contribution in [3.63, 3.8) is 0 Å². The van der Waals surface area contributed by atoms with Gasteiger partial charge in [-0.3, -0.25) is 0 Å². The Hall–Kier alpha value is -5.60. The minimum atomic E-state index is -0.0704. The number of hydrogen-bond acceptors (Lipinski definition) is 1. The molecule has 0 saturated heterocycles. The van der Waals surface area contributed by atoms with E-state index in [-0.39, 0.29) is 10.8 Å². The summed E-state index contributed by atoms with van der Waals surface area (Å²) in [6.45, 7) is 2.60. The Morgan fingerprint density at radius 2 is 1.27 bits per heavy atom. The Balaban J connectivity index is 1.16. The second kappa shape index (κ2) is 11.7. The third-order valence-electron chi connectivity index (χ3n) is 14.8. The first-order chi connectivity index (χ1) is 27.1. The number of para-hydroxylation sites is 3. The Morgan fingerprint density at radius 1 is 0.600 bits per heavy atom. The lowest BCUT2D eigenvalue weighted by Gasteiger charge is -2.62. The van der Waals surface area contributed by atoms with E-state index < -0.39 is 0 Å². The van der Waals surface area contributed by atoms with Gasteiger partial charge in [0.1, 0.15) is 0 Å². The van der Waals surface area contributed by atoms with Crippen LogP contribution in [0.2, 0.25) is 0 Å². The molecular weight excluding hydrogens is 665 g/mol. The average Bonchev–Trinajstić information content (AvgIpc) is 3.68. The van der Waals surface area contributed by atoms with Gasteiger partial charge in [-0.1, -0.05) is 128 Å². The van der Waals surface area contributed by atoms with Crippen LogP contribution in [-0.2, 0) is 10.8 Å². The lowest BCUT2D eigenvalue weighted by molar-refractivity contribution is -0.0437. The van der Waals surface area contributed by atoms with Gasteiger partial charge in [0.25, 0.3) is 0 Å². The number of fused-ring (bicyclic) bond motifs is 6. The first kappa shape index (κ1) is 31.7. The fourth-order valence-electron chi connectivity index (χ4n) is 13.1. The molecule has 6 aromatic carbocycles. The van der Waals surface area contributed by atoms with Crippen LogP contribution < -0.4 is 4.90 Å². The van der Waals surface area contributed by atoms with Crippen molar-refractivity contribution in [2.24, 2.45) is 23.7 Å². The van der Waals surface area contributed by atoms with Crippen molar-refractivity contribution in [2.45, 2.75) is 56.3 Å². The Bertz CT molecular complexity index is 2680. The number of anilines is 3. The van der Waals surface area contributed by atoms with Gasteiger partial charge >= 0.3 is 0 Å². The zero-order chi connectivity index (χ0) is 36.3. The normalized spacial score (nSPS) is 27.1. The molecule has 0 amide bonds. The van der Waals surface area contributed by atoms with Crippen molar-refractivity contribution in [1.82, 2.24) is 4.57 Å². The molecule has 0 N–H and O–H groups in total. The van der Waals surface area contributed by atoms with E-state index >= 15 is 0 Å². The summed E-state index contributed by atoms with van der Waals surface area (Å²) in [5.41, 5.74) is 14.8. The molecule has 13 rings (SSSR count). The van der Waals surface area contributed by atoms with Crippen LogP contribution in [0.5, 0.6) is 0 Å². The number of aromatic nitrogens is 1. The van der Waals surface area contributed by atoms with Gasteiger partial charge in [0.2, 0.25) is 0 Å². The summed E-state index contributed by atoms with van der Waals surface area (Å²) in [5.74, 6) is 3.31. The standard InChI is InChI=1S/C53H46N2/c1-52-28-13-12-25-50(52)53(38-30-35-29-36(32-38)33-39(53)31-35)45-21-14-24-48(51(45)52)55(46-22-10-8-19-42(46)37-15-4-2-5-16-37)41-26-27-44-43-20-9-11-23-47(43)54(49(44)34-41)40-17-6-3-7-18-40/h2-27,34-36,38-39H,28-33H2,1H3. The highest BCUT2D eigenvalue weighted by molar-refractivity contribution is 6.10. The summed E-state index contributed by atoms with van der Waals surface area (Å²) in [6.07, 6.45) is 15.5. The molecule has 0 aliphatic heterocycles. The molecule has 4 bridgehead atoms. The summed E-state index contributed by atoms with van der Waals surface area (Å²) in [6, 6.07) is 54.5. The van der Waals surface area contributed by atoms with E-state index in [4.69, 9.17) is 0 Å². The molecule has 6 aliphatic carbocycles. The Labute approximate surface area is 324 Å². The average molecular weight is 711 g/mol. The molecule has 0 radical (unpaired) electrons. The summed E-state index contributed by atoms with van der Waals surface area (Å²) in [7, 11) is 0. The summed E-state index contributed by atoms with van der Waals surface area (Å²) in [5, 5.41) is 2.56. The van der Waals surface area contributed by atoms with Gasteiger partial charge in [-0.25, -0.2) is 0 Å². The molecule has 6 aliphatic rings. The highest BCUT2D eigenvalue weighted by Crippen LogP contribution is 2.73. The second-order valence-electron chi connectivity index (χ2n) is 17.5. The van der Waals surface area contributed by atoms with Crippen molar-refractivity contribution >= 4 is 38.9 Å². The second-order valence-corrected chi connectivity index (χ2v) is 17.5. The molecular formula is C53H46N2. The van der Waals surface area contributed by atoms with E-state index in [0.717, 1.165) is 30.1 Å². The number of hydrogen-bond donors (Lipinski definition) is 0. The van der Waals surface area contributed by atoms with Crippen LogP contribution in [0.1, 0.15) is 56.6 Å². The van der Waals surface area contributed by atoms with Gasteiger partial charge in [-0.15, -0.1) is 0 Å². The first-order valence-electron chi connectivity index (χ1n) is 20.7. The number of allylic oxidation sites excluding steroid dienone is 4. The molecule has 1 atom stereocenters. The van der Waals surface area contributed by atoms with Gasteiger partial charge in [-0.2, -0.15) is 0 Å². The van der Waals surface area contributed by atoms with E-state index in [2.05, 4.69) is 180 Å². The molecule has 4 fully saturated rings. The highest BCUT2D eigenvalue weighted by atomic mass is 15.2. The van der Waals surface area contributed by atoms with E-state index in [1.165, 1.54) is 87.8 Å². The molecule has 1 heterocycles. The van der Waals surface area contributed by atoms with Crippen molar-refractivity contribution in [1.29, 1.82) is 0 Å². The molecule has 268 valence electrons. The predicted octanol–water partition coefficient (Wildman–Crippen LogP) is 13.8. The van der Waals surface area contributed by atoms with E-state index in [0.29, 0.717) is 0 Å². The fourth-order valence-corrected chi connectivity index (χ4v) is 13.1. The fraction of sp³-hybridized carbons (Fsp3) is 0.245. The number of rotatable bonds is 5. The molecule has 1 spiro atoms. The molecule has 2 heteroatoms. The Kier molecular flexibility index (Phi) is 6.75. The van der Waals surface area contributed by atoms with Gasteiger partial charge in [0.15, 0.2) is 0 Å². The van der Waals surface area contributed by atoms with Crippen LogP contribution in [0, 0.1) is 23.7 Å². The van der Waals surface area contributed by atoms with Crippen LogP contribution in [0.4, 0.5) is 17.1 Å². The number of nitrogens with zero attached hydrogens (tertiary/aromatic N) is 2. The van der Waals surface area contributed by atoms with Crippen LogP contribution in [0.25, 0.3) is 38.6 Å². The smallest absolute Gasteiger partial charge is 0.0561 e. The topological polar surface area (TPSA) is 8.17 Å². The van der Waals surface area contributed by atoms with Gasteiger partial charge in [-0.05, 0) is 127 Å². The SMILES string of the molecule is CC12CC=CC=C1C1(c3cccc(N(c4ccc5c6ccccc6n(-c6ccccc6)c5c4)c4ccccc4-c4ccccc4)c32)C2CC3CC(C2)CC1C3. The highest BCUT2D eigenvalue weighted by Gasteiger charge is 2.66. The maximum Gasteiger partial charge on any atom is 0.0561 e. The van der Waals surface area contributed by atoms with Crippen LogP contribution in [-0.4, -0.2) is 4.57 Å². The molecule has 2 nitrogen and oxygen atoms in total. The van der Waals surface area contributed by atoms with E-state index in [9.17, 15) is 0 Å². The Morgan fingerprint density at radius 3 is 2.07 bits per heavy atom. The molecule has 7 aromatic rings. The zero-order valence-electron chi connectivity index (χ0n) is 31.5. The van der Waals surface area contributed by atoms with Crippen LogP contribution in [0.3, 0.4) is 0 Å². The third kappa shape index (κ3) is 4.31. The summed E-state index contributed by atoms with van der Waals surface area (Å²) < 4.78 is 2.46. The third-order valence-corrected chi connectivity index (χ3v) is 14.8. The molecule has 55 heavy (non-hydrogen) atoms. The van der Waals surface area contributed by atoms with Crippen molar-refractivity contribution < 1.29 is 0 Å². The van der Waals surface area contributed by atoms with E-state index in [1.807, 2.05) is 0 Å². The van der Waals surface area contributed by atoms with Gasteiger partial charge in [0, 0.05) is 38.5 Å². The maximum atomic E-state index is 2.64. The van der Waals surface area contributed by atoms with Crippen molar-refractivity contribution in [2.75, 3.05) is 4.90 Å². The quantitative estimate of drug-likeness (QED) is 0.173. The predicted molar refractivity (Wildman–Crippen MR) is 229 cm³/mol. The van der Waals surface area contributed by atoms with Crippen LogP contribution in [0.15, 0.2) is 169 Å². The van der Waals surface area contributed by atoms with Crippen LogP contribution >= 0.6 is 0 Å².